The van der Waals surface area contributed by atoms with Crippen LogP contribution in [0.4, 0.5) is 0 Å². The molecule has 1 aromatic carbocycles. The number of nitrogens with zero attached hydrogens (tertiary/aromatic N) is 1. The predicted octanol–water partition coefficient (Wildman–Crippen LogP) is 2.66. The van der Waals surface area contributed by atoms with Crippen molar-refractivity contribution in [2.24, 2.45) is 5.41 Å². The van der Waals surface area contributed by atoms with Crippen molar-refractivity contribution >= 4 is 17.1 Å². The summed E-state index contributed by atoms with van der Waals surface area (Å²) in [4.78, 5) is 22.7. The second kappa shape index (κ2) is 5.15. The molecular weight excluding hydrogens is 258 g/mol. The molecular formula is C15H19NO4. The van der Waals surface area contributed by atoms with E-state index >= 15 is 0 Å². The van der Waals surface area contributed by atoms with Gasteiger partial charge in [0.05, 0.1) is 10.9 Å². The summed E-state index contributed by atoms with van der Waals surface area (Å²) >= 11 is 0. The minimum atomic E-state index is -0.803. The summed E-state index contributed by atoms with van der Waals surface area (Å²) in [5, 5.41) is 9.10. The molecule has 0 aliphatic rings. The second-order valence-electron chi connectivity index (χ2n) is 5.60. The van der Waals surface area contributed by atoms with E-state index in [0.717, 1.165) is 11.1 Å². The Morgan fingerprint density at radius 3 is 2.70 bits per heavy atom. The molecule has 0 aliphatic heterocycles. The van der Waals surface area contributed by atoms with Crippen molar-refractivity contribution in [1.82, 2.24) is 4.57 Å². The van der Waals surface area contributed by atoms with Gasteiger partial charge in [0, 0.05) is 6.54 Å². The molecule has 5 nitrogen and oxygen atoms in total. The van der Waals surface area contributed by atoms with Gasteiger partial charge in [0.15, 0.2) is 5.58 Å². The Morgan fingerprint density at radius 2 is 2.10 bits per heavy atom. The Hall–Kier alpha value is -2.04. The molecule has 0 saturated heterocycles. The van der Waals surface area contributed by atoms with Crippen molar-refractivity contribution in [3.63, 3.8) is 0 Å². The van der Waals surface area contributed by atoms with E-state index in [-0.39, 0.29) is 5.76 Å². The van der Waals surface area contributed by atoms with Crippen LogP contribution in [0.1, 0.15) is 32.8 Å². The van der Waals surface area contributed by atoms with E-state index in [4.69, 9.17) is 9.52 Å². The second-order valence-corrected chi connectivity index (χ2v) is 5.60. The van der Waals surface area contributed by atoms with Gasteiger partial charge in [-0.25, -0.2) is 4.79 Å². The summed E-state index contributed by atoms with van der Waals surface area (Å²) in [5.41, 5.74) is 1.55. The fraction of sp³-hybridized carbons (Fsp3) is 0.467. The van der Waals surface area contributed by atoms with Crippen LogP contribution in [0.5, 0.6) is 0 Å². The molecule has 1 heterocycles. The van der Waals surface area contributed by atoms with E-state index in [2.05, 4.69) is 0 Å². The van der Waals surface area contributed by atoms with Gasteiger partial charge < -0.3 is 9.52 Å². The summed E-state index contributed by atoms with van der Waals surface area (Å²) in [6, 6.07) is 5.59. The highest BCUT2D eigenvalue weighted by Crippen LogP contribution is 2.24. The first-order chi connectivity index (χ1) is 9.35. The number of carboxylic acids is 1. The van der Waals surface area contributed by atoms with Gasteiger partial charge in [-0.05, 0) is 51.3 Å². The van der Waals surface area contributed by atoms with Crippen molar-refractivity contribution in [1.29, 1.82) is 0 Å². The van der Waals surface area contributed by atoms with Crippen LogP contribution < -0.4 is 5.76 Å². The molecule has 1 N–H and O–H groups in total. The third-order valence-electron chi connectivity index (χ3n) is 3.67. The SMILES string of the molecule is CCn1c(=O)oc2cc(CCC(C)(C)C(=O)O)ccc21. The van der Waals surface area contributed by atoms with Crippen LogP contribution in [-0.2, 0) is 17.8 Å². The van der Waals surface area contributed by atoms with Crippen molar-refractivity contribution in [2.75, 3.05) is 0 Å². The van der Waals surface area contributed by atoms with Crippen LogP contribution in [0, 0.1) is 5.41 Å². The molecule has 0 atom stereocenters. The molecule has 0 radical (unpaired) electrons. The summed E-state index contributed by atoms with van der Waals surface area (Å²) in [6.45, 7) is 5.87. The standard InChI is InChI=1S/C15H19NO4/c1-4-16-11-6-5-10(9-12(11)20-14(16)19)7-8-15(2,3)13(17)18/h5-6,9H,4,7-8H2,1-3H3,(H,17,18). The quantitative estimate of drug-likeness (QED) is 0.912. The van der Waals surface area contributed by atoms with Gasteiger partial charge in [-0.15, -0.1) is 0 Å². The van der Waals surface area contributed by atoms with Gasteiger partial charge >= 0.3 is 11.7 Å². The number of aryl methyl sites for hydroxylation is 2. The van der Waals surface area contributed by atoms with E-state index in [0.29, 0.717) is 25.0 Å². The lowest BCUT2D eigenvalue weighted by molar-refractivity contribution is -0.147. The zero-order chi connectivity index (χ0) is 14.9. The first-order valence-corrected chi connectivity index (χ1v) is 6.71. The molecule has 0 saturated carbocycles. The van der Waals surface area contributed by atoms with Gasteiger partial charge in [-0.2, -0.15) is 0 Å². The summed E-state index contributed by atoms with van der Waals surface area (Å²) in [6.07, 6.45) is 1.17. The number of aromatic nitrogens is 1. The number of oxazole rings is 1. The van der Waals surface area contributed by atoms with Crippen molar-refractivity contribution in [3.05, 3.63) is 34.3 Å². The van der Waals surface area contributed by atoms with Crippen molar-refractivity contribution in [2.45, 2.75) is 40.2 Å². The molecule has 108 valence electrons. The Morgan fingerprint density at radius 1 is 1.40 bits per heavy atom. The normalized spacial score (nSPS) is 11.9. The number of hydrogen-bond acceptors (Lipinski definition) is 3. The van der Waals surface area contributed by atoms with Crippen LogP contribution in [0.2, 0.25) is 0 Å². The van der Waals surface area contributed by atoms with Gasteiger partial charge in [-0.3, -0.25) is 9.36 Å². The maximum absolute atomic E-state index is 11.6. The van der Waals surface area contributed by atoms with E-state index in [1.165, 1.54) is 0 Å². The Bertz CT molecular complexity index is 693. The van der Waals surface area contributed by atoms with Gasteiger partial charge in [0.1, 0.15) is 0 Å². The monoisotopic (exact) mass is 277 g/mol. The van der Waals surface area contributed by atoms with Crippen molar-refractivity contribution in [3.8, 4) is 0 Å². The third kappa shape index (κ3) is 2.61. The largest absolute Gasteiger partial charge is 0.481 e. The first-order valence-electron chi connectivity index (χ1n) is 6.71. The Labute approximate surface area is 116 Å². The lowest BCUT2D eigenvalue weighted by atomic mass is 9.86. The number of hydrogen-bond donors (Lipinski definition) is 1. The van der Waals surface area contributed by atoms with Crippen LogP contribution in [0.25, 0.3) is 11.1 Å². The number of carboxylic acid groups (broad SMARTS) is 1. The van der Waals surface area contributed by atoms with Crippen molar-refractivity contribution < 1.29 is 14.3 Å². The molecule has 20 heavy (non-hydrogen) atoms. The smallest absolute Gasteiger partial charge is 0.419 e. The number of rotatable bonds is 5. The minimum Gasteiger partial charge on any atom is -0.481 e. The maximum atomic E-state index is 11.6. The predicted molar refractivity (Wildman–Crippen MR) is 75.9 cm³/mol. The molecule has 2 aromatic rings. The number of fused-ring (bicyclic) bond motifs is 1. The topological polar surface area (TPSA) is 72.4 Å². The number of carbonyl (C=O) groups is 1. The van der Waals surface area contributed by atoms with E-state index in [1.54, 1.807) is 18.4 Å². The lowest BCUT2D eigenvalue weighted by Crippen LogP contribution is -2.24. The van der Waals surface area contributed by atoms with Crippen LogP contribution in [0.15, 0.2) is 27.4 Å². The molecule has 0 amide bonds. The first kappa shape index (κ1) is 14.4. The zero-order valence-corrected chi connectivity index (χ0v) is 12.0. The third-order valence-corrected chi connectivity index (χ3v) is 3.67. The molecule has 0 spiro atoms. The number of aliphatic carboxylic acids is 1. The molecule has 0 fully saturated rings. The number of benzene rings is 1. The fourth-order valence-corrected chi connectivity index (χ4v) is 2.13. The highest BCUT2D eigenvalue weighted by atomic mass is 16.4. The Balaban J connectivity index is 2.25. The molecule has 0 aliphatic carbocycles. The summed E-state index contributed by atoms with van der Waals surface area (Å²) in [5.74, 6) is -1.16. The van der Waals surface area contributed by atoms with E-state index in [9.17, 15) is 9.59 Å². The van der Waals surface area contributed by atoms with Gasteiger partial charge in [0.25, 0.3) is 0 Å². The highest BCUT2D eigenvalue weighted by molar-refractivity contribution is 5.74. The van der Waals surface area contributed by atoms with E-state index in [1.807, 2.05) is 25.1 Å². The van der Waals surface area contributed by atoms with E-state index < -0.39 is 11.4 Å². The molecule has 0 unspecified atom stereocenters. The van der Waals surface area contributed by atoms with Crippen LogP contribution in [0.3, 0.4) is 0 Å². The summed E-state index contributed by atoms with van der Waals surface area (Å²) in [7, 11) is 0. The molecule has 0 bridgehead atoms. The molecule has 1 aromatic heterocycles. The van der Waals surface area contributed by atoms with Gasteiger partial charge in [0.2, 0.25) is 0 Å². The van der Waals surface area contributed by atoms with Crippen LogP contribution >= 0.6 is 0 Å². The average molecular weight is 277 g/mol. The highest BCUT2D eigenvalue weighted by Gasteiger charge is 2.26. The van der Waals surface area contributed by atoms with Crippen LogP contribution in [-0.4, -0.2) is 15.6 Å². The Kier molecular flexibility index (Phi) is 3.70. The van der Waals surface area contributed by atoms with Gasteiger partial charge in [-0.1, -0.05) is 6.07 Å². The minimum absolute atomic E-state index is 0.356. The maximum Gasteiger partial charge on any atom is 0.419 e. The zero-order valence-electron chi connectivity index (χ0n) is 12.0. The lowest BCUT2D eigenvalue weighted by Gasteiger charge is -2.18. The summed E-state index contributed by atoms with van der Waals surface area (Å²) < 4.78 is 6.77. The molecule has 5 heteroatoms. The molecule has 2 rings (SSSR count). The fourth-order valence-electron chi connectivity index (χ4n) is 2.13. The average Bonchev–Trinajstić information content (AvgIpc) is 2.70.